The van der Waals surface area contributed by atoms with E-state index in [1.807, 2.05) is 0 Å². The zero-order valence-electron chi connectivity index (χ0n) is 24.6. The Bertz CT molecular complexity index is 529. The van der Waals surface area contributed by atoms with Crippen molar-refractivity contribution >= 4 is 12.0 Å². The molecule has 0 saturated heterocycles. The standard InChI is InChI=1S/C32H61NO3/c1-4-5-27-32(2,31(35)36-3)28-25-23-21-19-17-15-13-11-9-7-6-8-10-12-14-16-18-20-22-24-26-29-33-30-34/h4-29H2,1-3H3. The summed E-state index contributed by atoms with van der Waals surface area (Å²) in [6.45, 7) is 4.94. The van der Waals surface area contributed by atoms with Crippen LogP contribution in [0.2, 0.25) is 0 Å². The van der Waals surface area contributed by atoms with Crippen LogP contribution in [0.5, 0.6) is 0 Å². The number of hydrogen-bond acceptors (Lipinski definition) is 4. The van der Waals surface area contributed by atoms with E-state index in [4.69, 9.17) is 4.74 Å². The zero-order valence-corrected chi connectivity index (χ0v) is 24.6. The fourth-order valence-electron chi connectivity index (χ4n) is 5.25. The minimum Gasteiger partial charge on any atom is -0.469 e. The topological polar surface area (TPSA) is 55.7 Å². The molecule has 212 valence electrons. The second-order valence-electron chi connectivity index (χ2n) is 11.3. The van der Waals surface area contributed by atoms with Gasteiger partial charge in [-0.1, -0.05) is 148 Å². The largest absolute Gasteiger partial charge is 0.469 e. The summed E-state index contributed by atoms with van der Waals surface area (Å²) in [5, 5.41) is 0. The molecule has 0 radical (unpaired) electrons. The highest BCUT2D eigenvalue weighted by molar-refractivity contribution is 5.76. The predicted octanol–water partition coefficient (Wildman–Crippen LogP) is 10.3. The molecule has 4 heteroatoms. The van der Waals surface area contributed by atoms with Gasteiger partial charge in [-0.3, -0.25) is 4.79 Å². The number of isocyanates is 1. The molecular weight excluding hydrogens is 446 g/mol. The summed E-state index contributed by atoms with van der Waals surface area (Å²) in [5.41, 5.74) is -0.277. The summed E-state index contributed by atoms with van der Waals surface area (Å²) < 4.78 is 5.07. The Labute approximate surface area is 224 Å². The van der Waals surface area contributed by atoms with Gasteiger partial charge in [-0.2, -0.15) is 0 Å². The summed E-state index contributed by atoms with van der Waals surface area (Å²) in [7, 11) is 1.53. The van der Waals surface area contributed by atoms with E-state index in [2.05, 4.69) is 18.8 Å². The fourth-order valence-corrected chi connectivity index (χ4v) is 5.25. The Morgan fingerprint density at radius 2 is 0.944 bits per heavy atom. The van der Waals surface area contributed by atoms with E-state index in [0.29, 0.717) is 6.54 Å². The SMILES string of the molecule is CCCCC(C)(CCCCCCCCCCCCCCCCCCCCCCCN=C=O)C(=O)OC. The number of carbonyl (C=O) groups excluding carboxylic acids is 2. The van der Waals surface area contributed by atoms with Gasteiger partial charge in [0.1, 0.15) is 0 Å². The van der Waals surface area contributed by atoms with Crippen LogP contribution in [0.15, 0.2) is 4.99 Å². The molecular formula is C32H61NO3. The van der Waals surface area contributed by atoms with Crippen LogP contribution in [0.3, 0.4) is 0 Å². The molecule has 0 spiro atoms. The molecule has 0 bridgehead atoms. The van der Waals surface area contributed by atoms with Gasteiger partial charge in [-0.25, -0.2) is 9.79 Å². The van der Waals surface area contributed by atoms with Gasteiger partial charge >= 0.3 is 5.97 Å². The second-order valence-corrected chi connectivity index (χ2v) is 11.3. The summed E-state index contributed by atoms with van der Waals surface area (Å²) in [6, 6.07) is 0. The predicted molar refractivity (Wildman–Crippen MR) is 154 cm³/mol. The van der Waals surface area contributed by atoms with Gasteiger partial charge in [-0.15, -0.1) is 0 Å². The summed E-state index contributed by atoms with van der Waals surface area (Å²) in [5.74, 6) is -0.0192. The van der Waals surface area contributed by atoms with Gasteiger partial charge < -0.3 is 4.74 Å². The van der Waals surface area contributed by atoms with Crippen molar-refractivity contribution in [3.05, 3.63) is 0 Å². The van der Waals surface area contributed by atoms with Gasteiger partial charge in [0, 0.05) is 0 Å². The number of ether oxygens (including phenoxy) is 1. The number of aliphatic imine (C=N–C) groups is 1. The number of rotatable bonds is 28. The number of methoxy groups -OCH3 is 1. The normalized spacial score (nSPS) is 12.8. The van der Waals surface area contributed by atoms with Crippen LogP contribution in [0.1, 0.15) is 174 Å². The van der Waals surface area contributed by atoms with Crippen molar-refractivity contribution in [3.8, 4) is 0 Å². The lowest BCUT2D eigenvalue weighted by Gasteiger charge is -2.26. The average Bonchev–Trinajstić information content (AvgIpc) is 2.89. The molecule has 0 heterocycles. The number of esters is 1. The van der Waals surface area contributed by atoms with Crippen LogP contribution in [-0.4, -0.2) is 25.7 Å². The third-order valence-electron chi connectivity index (χ3n) is 7.82. The minimum absolute atomic E-state index is 0.0192. The van der Waals surface area contributed by atoms with Gasteiger partial charge in [-0.05, 0) is 26.2 Å². The monoisotopic (exact) mass is 507 g/mol. The lowest BCUT2D eigenvalue weighted by Crippen LogP contribution is -2.29. The number of unbranched alkanes of at least 4 members (excludes halogenated alkanes) is 21. The first-order valence-electron chi connectivity index (χ1n) is 15.7. The van der Waals surface area contributed by atoms with E-state index in [1.54, 1.807) is 6.08 Å². The maximum atomic E-state index is 12.2. The van der Waals surface area contributed by atoms with Crippen LogP contribution in [0.4, 0.5) is 0 Å². The van der Waals surface area contributed by atoms with E-state index in [0.717, 1.165) is 38.5 Å². The Morgan fingerprint density at radius 1 is 0.611 bits per heavy atom. The summed E-state index contributed by atoms with van der Waals surface area (Å²) in [4.78, 5) is 25.7. The third kappa shape index (κ3) is 22.1. The first-order valence-corrected chi connectivity index (χ1v) is 15.7. The van der Waals surface area contributed by atoms with Crippen LogP contribution < -0.4 is 0 Å². The van der Waals surface area contributed by atoms with Crippen molar-refractivity contribution in [2.75, 3.05) is 13.7 Å². The first-order chi connectivity index (χ1) is 17.6. The number of carbonyl (C=O) groups is 1. The highest BCUT2D eigenvalue weighted by Gasteiger charge is 2.32. The van der Waals surface area contributed by atoms with Crippen molar-refractivity contribution in [2.45, 2.75) is 174 Å². The lowest BCUT2D eigenvalue weighted by atomic mass is 9.80. The second kappa shape index (κ2) is 26.9. The van der Waals surface area contributed by atoms with E-state index in [9.17, 15) is 9.59 Å². The molecule has 36 heavy (non-hydrogen) atoms. The van der Waals surface area contributed by atoms with Crippen molar-refractivity contribution in [1.82, 2.24) is 0 Å². The highest BCUT2D eigenvalue weighted by Crippen LogP contribution is 2.32. The third-order valence-corrected chi connectivity index (χ3v) is 7.82. The molecule has 4 nitrogen and oxygen atoms in total. The van der Waals surface area contributed by atoms with Crippen molar-refractivity contribution in [1.29, 1.82) is 0 Å². The van der Waals surface area contributed by atoms with Gasteiger partial charge in [0.15, 0.2) is 0 Å². The van der Waals surface area contributed by atoms with E-state index >= 15 is 0 Å². The maximum Gasteiger partial charge on any atom is 0.311 e. The van der Waals surface area contributed by atoms with Crippen molar-refractivity contribution in [2.24, 2.45) is 10.4 Å². The number of nitrogens with zero attached hydrogens (tertiary/aromatic N) is 1. The molecule has 0 rings (SSSR count). The molecule has 0 aromatic rings. The molecule has 0 aromatic heterocycles. The Balaban J connectivity index is 3.32. The summed E-state index contributed by atoms with van der Waals surface area (Å²) in [6.07, 6.45) is 33.9. The lowest BCUT2D eigenvalue weighted by molar-refractivity contribution is -0.152. The molecule has 0 aliphatic carbocycles. The van der Waals surface area contributed by atoms with Crippen LogP contribution in [0.25, 0.3) is 0 Å². The Hall–Kier alpha value is -1.15. The molecule has 0 aromatic carbocycles. The first kappa shape index (κ1) is 34.9. The molecule has 0 amide bonds. The van der Waals surface area contributed by atoms with Crippen molar-refractivity contribution < 1.29 is 14.3 Å². The fraction of sp³-hybridized carbons (Fsp3) is 0.938. The van der Waals surface area contributed by atoms with Crippen LogP contribution >= 0.6 is 0 Å². The number of hydrogen-bond donors (Lipinski definition) is 0. The molecule has 0 fully saturated rings. The molecule has 0 saturated carbocycles. The Kier molecular flexibility index (Phi) is 26.0. The molecule has 0 aliphatic rings. The van der Waals surface area contributed by atoms with E-state index in [-0.39, 0.29) is 11.4 Å². The van der Waals surface area contributed by atoms with E-state index < -0.39 is 0 Å². The molecule has 1 atom stereocenters. The van der Waals surface area contributed by atoms with Gasteiger partial charge in [0.25, 0.3) is 0 Å². The van der Waals surface area contributed by atoms with Gasteiger partial charge in [0.2, 0.25) is 6.08 Å². The maximum absolute atomic E-state index is 12.2. The highest BCUT2D eigenvalue weighted by atomic mass is 16.5. The molecule has 1 unspecified atom stereocenters. The smallest absolute Gasteiger partial charge is 0.311 e. The van der Waals surface area contributed by atoms with Gasteiger partial charge in [0.05, 0.1) is 19.1 Å². The summed E-state index contributed by atoms with van der Waals surface area (Å²) >= 11 is 0. The average molecular weight is 508 g/mol. The van der Waals surface area contributed by atoms with Crippen LogP contribution in [-0.2, 0) is 14.3 Å². The van der Waals surface area contributed by atoms with E-state index in [1.165, 1.54) is 129 Å². The molecule has 0 aliphatic heterocycles. The molecule has 0 N–H and O–H groups in total. The quantitative estimate of drug-likeness (QED) is 0.0458. The van der Waals surface area contributed by atoms with Crippen molar-refractivity contribution in [3.63, 3.8) is 0 Å². The Morgan fingerprint density at radius 3 is 1.28 bits per heavy atom. The minimum atomic E-state index is -0.277. The zero-order chi connectivity index (χ0) is 26.6. The van der Waals surface area contributed by atoms with Crippen LogP contribution in [0, 0.1) is 5.41 Å².